The molecule has 18 heavy (non-hydrogen) atoms. The van der Waals surface area contributed by atoms with Crippen molar-refractivity contribution in [3.05, 3.63) is 0 Å². The maximum absolute atomic E-state index is 11.3. The van der Waals surface area contributed by atoms with E-state index in [1.165, 1.54) is 0 Å². The summed E-state index contributed by atoms with van der Waals surface area (Å²) in [6.45, 7) is 3.01. The van der Waals surface area contributed by atoms with Gasteiger partial charge in [-0.25, -0.2) is 4.79 Å². The van der Waals surface area contributed by atoms with E-state index >= 15 is 0 Å². The number of nitrogens with one attached hydrogen (secondary N) is 1. The second-order valence-electron chi connectivity index (χ2n) is 4.33. The van der Waals surface area contributed by atoms with Gasteiger partial charge in [0.15, 0.2) is 0 Å². The molecule has 0 atom stereocenters. The van der Waals surface area contributed by atoms with Gasteiger partial charge in [0, 0.05) is 12.2 Å². The van der Waals surface area contributed by atoms with E-state index in [4.69, 9.17) is 0 Å². The van der Waals surface area contributed by atoms with Crippen molar-refractivity contribution in [1.29, 1.82) is 0 Å². The Morgan fingerprint density at radius 3 is 2.56 bits per heavy atom. The molecule has 6 heteroatoms. The van der Waals surface area contributed by atoms with E-state index in [-0.39, 0.29) is 11.2 Å². The smallest absolute Gasteiger partial charge is 0.332 e. The van der Waals surface area contributed by atoms with Crippen molar-refractivity contribution in [3.8, 4) is 0 Å². The van der Waals surface area contributed by atoms with Crippen molar-refractivity contribution in [2.24, 2.45) is 0 Å². The molecule has 106 valence electrons. The zero-order chi connectivity index (χ0) is 13.8. The molecule has 0 aliphatic carbocycles. The quantitative estimate of drug-likeness (QED) is 0.545. The van der Waals surface area contributed by atoms with Crippen molar-refractivity contribution in [1.82, 2.24) is 10.4 Å². The predicted molar refractivity (Wildman–Crippen MR) is 74.4 cm³/mol. The first-order valence-corrected chi connectivity index (χ1v) is 7.32. The number of nitrogens with zero attached hydrogens (tertiary/aromatic N) is 1. The molecular weight excluding hydrogens is 252 g/mol. The summed E-state index contributed by atoms with van der Waals surface area (Å²) in [5.41, 5.74) is 2.16. The highest BCUT2D eigenvalue weighted by Crippen LogP contribution is 2.05. The van der Waals surface area contributed by atoms with Crippen LogP contribution in [-0.4, -0.2) is 42.5 Å². The Labute approximate surface area is 114 Å². The Morgan fingerprint density at radius 2 is 1.94 bits per heavy atom. The maximum Gasteiger partial charge on any atom is 0.332 e. The molecule has 0 aliphatic heterocycles. The van der Waals surface area contributed by atoms with Crippen molar-refractivity contribution in [3.63, 3.8) is 0 Å². The van der Waals surface area contributed by atoms with Gasteiger partial charge in [-0.1, -0.05) is 31.5 Å². The van der Waals surface area contributed by atoms with Crippen LogP contribution in [0.1, 0.15) is 39.0 Å². The number of thioether (sulfide) groups is 1. The highest BCUT2D eigenvalue weighted by atomic mass is 32.2. The Kier molecular flexibility index (Phi) is 10.9. The molecule has 5 nitrogen and oxygen atoms in total. The summed E-state index contributed by atoms with van der Waals surface area (Å²) in [7, 11) is 3.98. The van der Waals surface area contributed by atoms with Crippen molar-refractivity contribution in [2.45, 2.75) is 39.0 Å². The van der Waals surface area contributed by atoms with Gasteiger partial charge in [0.05, 0.1) is 0 Å². The molecule has 0 unspecified atom stereocenters. The molecule has 0 fully saturated rings. The van der Waals surface area contributed by atoms with Gasteiger partial charge in [-0.2, -0.15) is 5.48 Å². The lowest BCUT2D eigenvalue weighted by molar-refractivity contribution is -0.148. The lowest BCUT2D eigenvalue weighted by Gasteiger charge is -2.08. The normalized spacial score (nSPS) is 10.4. The van der Waals surface area contributed by atoms with Crippen LogP contribution in [-0.2, 0) is 9.63 Å². The third-order valence-electron chi connectivity index (χ3n) is 2.22. The maximum atomic E-state index is 11.3. The van der Waals surface area contributed by atoms with Crippen LogP contribution >= 0.6 is 11.8 Å². The third-order valence-corrected chi connectivity index (χ3v) is 3.05. The van der Waals surface area contributed by atoms with Crippen LogP contribution in [0.3, 0.4) is 0 Å². The summed E-state index contributed by atoms with van der Waals surface area (Å²) in [4.78, 5) is 29.2. The van der Waals surface area contributed by atoms with E-state index in [0.717, 1.165) is 49.7 Å². The van der Waals surface area contributed by atoms with Gasteiger partial charge in [0.2, 0.25) is 0 Å². The average Bonchev–Trinajstić information content (AvgIpc) is 2.32. The van der Waals surface area contributed by atoms with Crippen LogP contribution in [0.4, 0.5) is 4.79 Å². The number of carbonyl (C=O) groups is 2. The van der Waals surface area contributed by atoms with Gasteiger partial charge in [-0.15, -0.1) is 0 Å². The predicted octanol–water partition coefficient (Wildman–Crippen LogP) is 2.42. The van der Waals surface area contributed by atoms with E-state index in [1.54, 1.807) is 0 Å². The molecule has 0 radical (unpaired) electrons. The van der Waals surface area contributed by atoms with Crippen molar-refractivity contribution >= 4 is 23.0 Å². The van der Waals surface area contributed by atoms with Crippen LogP contribution in [0.15, 0.2) is 0 Å². The fourth-order valence-electron chi connectivity index (χ4n) is 1.24. The number of carbonyl (C=O) groups excluding carboxylic acids is 2. The molecule has 0 saturated carbocycles. The van der Waals surface area contributed by atoms with Crippen molar-refractivity contribution in [2.75, 3.05) is 26.4 Å². The number of amides is 1. The number of hydrogen-bond donors (Lipinski definition) is 1. The number of unbranched alkanes of at least 4 members (excludes halogenated alkanes) is 2. The Morgan fingerprint density at radius 1 is 1.22 bits per heavy atom. The largest absolute Gasteiger partial charge is 0.340 e. The lowest BCUT2D eigenvalue weighted by Crippen LogP contribution is -2.24. The van der Waals surface area contributed by atoms with E-state index in [2.05, 4.69) is 22.1 Å². The Bertz CT molecular complexity index is 247. The molecule has 0 rings (SSSR count). The molecule has 0 spiro atoms. The van der Waals surface area contributed by atoms with Gasteiger partial charge < -0.3 is 9.74 Å². The highest BCUT2D eigenvalue weighted by molar-refractivity contribution is 8.13. The Balaban J connectivity index is 3.43. The first kappa shape index (κ1) is 17.2. The topological polar surface area (TPSA) is 58.6 Å². The summed E-state index contributed by atoms with van der Waals surface area (Å²) in [5, 5.41) is -0.308. The minimum absolute atomic E-state index is 0.308. The molecule has 0 bridgehead atoms. The number of hydroxylamine groups is 1. The Hall–Kier alpha value is -0.750. The first-order chi connectivity index (χ1) is 8.56. The fraction of sp³-hybridized carbons (Fsp3) is 0.833. The molecule has 1 amide bonds. The molecule has 1 N–H and O–H groups in total. The summed E-state index contributed by atoms with van der Waals surface area (Å²) >= 11 is 1.13. The standard InChI is InChI=1S/C12H24N2O3S/c1-4-5-6-8-11(15)17-13-12(16)18-10-7-9-14(2)3/h4-10H2,1-3H3,(H,13,16). The van der Waals surface area contributed by atoms with Crippen LogP contribution in [0.25, 0.3) is 0 Å². The minimum atomic E-state index is -0.370. The molecule has 0 aromatic rings. The summed E-state index contributed by atoms with van der Waals surface area (Å²) in [6, 6.07) is 0. The molecule has 0 aliphatic rings. The second kappa shape index (κ2) is 11.3. The van der Waals surface area contributed by atoms with Crippen LogP contribution in [0.2, 0.25) is 0 Å². The molecule has 0 aromatic heterocycles. The van der Waals surface area contributed by atoms with E-state index in [9.17, 15) is 9.59 Å². The van der Waals surface area contributed by atoms with Gasteiger partial charge in [0.25, 0.3) is 0 Å². The monoisotopic (exact) mass is 276 g/mol. The molecular formula is C12H24N2O3S. The molecule has 0 heterocycles. The first-order valence-electron chi connectivity index (χ1n) is 6.33. The summed E-state index contributed by atoms with van der Waals surface area (Å²) in [6.07, 6.45) is 4.15. The summed E-state index contributed by atoms with van der Waals surface area (Å²) < 4.78 is 0. The van der Waals surface area contributed by atoms with Crippen LogP contribution in [0.5, 0.6) is 0 Å². The minimum Gasteiger partial charge on any atom is -0.340 e. The van der Waals surface area contributed by atoms with Gasteiger partial charge >= 0.3 is 11.2 Å². The van der Waals surface area contributed by atoms with E-state index < -0.39 is 0 Å². The van der Waals surface area contributed by atoms with Crippen LogP contribution < -0.4 is 5.48 Å². The van der Waals surface area contributed by atoms with Gasteiger partial charge in [-0.3, -0.25) is 4.79 Å². The van der Waals surface area contributed by atoms with E-state index in [1.807, 2.05) is 14.1 Å². The summed E-state index contributed by atoms with van der Waals surface area (Å²) in [5.74, 6) is 0.350. The van der Waals surface area contributed by atoms with Gasteiger partial charge in [-0.05, 0) is 33.5 Å². The lowest BCUT2D eigenvalue weighted by atomic mass is 10.2. The molecule has 0 aromatic carbocycles. The fourth-order valence-corrected chi connectivity index (χ4v) is 1.80. The SMILES string of the molecule is CCCCCC(=O)ONC(=O)SCCCN(C)C. The van der Waals surface area contributed by atoms with E-state index in [0.29, 0.717) is 6.42 Å². The van der Waals surface area contributed by atoms with Crippen molar-refractivity contribution < 1.29 is 14.4 Å². The molecule has 0 saturated heterocycles. The van der Waals surface area contributed by atoms with Crippen LogP contribution in [0, 0.1) is 0 Å². The average molecular weight is 276 g/mol. The number of hydrogen-bond acceptors (Lipinski definition) is 5. The third kappa shape index (κ3) is 11.7. The second-order valence-corrected chi connectivity index (χ2v) is 5.39. The highest BCUT2D eigenvalue weighted by Gasteiger charge is 2.06. The zero-order valence-electron chi connectivity index (χ0n) is 11.5. The van der Waals surface area contributed by atoms with Gasteiger partial charge in [0.1, 0.15) is 0 Å². The number of rotatable bonds is 8. The zero-order valence-corrected chi connectivity index (χ0v) is 12.3.